The van der Waals surface area contributed by atoms with E-state index in [0.717, 1.165) is 19.6 Å². The largest absolute Gasteiger partial charge is 0.382 e. The lowest BCUT2D eigenvalue weighted by molar-refractivity contribution is 0.00767. The van der Waals surface area contributed by atoms with Crippen LogP contribution in [0.25, 0.3) is 0 Å². The van der Waals surface area contributed by atoms with E-state index in [1.807, 2.05) is 6.92 Å². The minimum absolute atomic E-state index is 0.226. The zero-order valence-electron chi connectivity index (χ0n) is 10.7. The molecule has 0 spiro atoms. The van der Waals surface area contributed by atoms with Gasteiger partial charge >= 0.3 is 0 Å². The van der Waals surface area contributed by atoms with Crippen molar-refractivity contribution in [2.24, 2.45) is 0 Å². The van der Waals surface area contributed by atoms with Gasteiger partial charge in [-0.15, -0.1) is 0 Å². The van der Waals surface area contributed by atoms with E-state index in [1.54, 1.807) is 7.11 Å². The number of nitrogens with one attached hydrogen (secondary N) is 1. The first kappa shape index (κ1) is 14.9. The summed E-state index contributed by atoms with van der Waals surface area (Å²) in [5.74, 6) is 0. The zero-order valence-corrected chi connectivity index (χ0v) is 10.7. The lowest BCUT2D eigenvalue weighted by Crippen LogP contribution is -2.23. The molecule has 1 unspecified atom stereocenters. The monoisotopic (exact) mass is 217 g/mol. The van der Waals surface area contributed by atoms with Crippen LogP contribution < -0.4 is 5.32 Å². The maximum absolute atomic E-state index is 5.56. The molecule has 0 aromatic heterocycles. The molecule has 0 bridgehead atoms. The Bertz CT molecular complexity index is 129. The van der Waals surface area contributed by atoms with Crippen LogP contribution in [-0.2, 0) is 9.47 Å². The van der Waals surface area contributed by atoms with Gasteiger partial charge in [0.2, 0.25) is 0 Å². The highest BCUT2D eigenvalue weighted by atomic mass is 16.5. The molecule has 0 rings (SSSR count). The fourth-order valence-corrected chi connectivity index (χ4v) is 1.36. The highest BCUT2D eigenvalue weighted by Gasteiger charge is 2.00. The summed E-state index contributed by atoms with van der Waals surface area (Å²) in [6, 6.07) is 0.600. The number of ether oxygens (including phenoxy) is 2. The highest BCUT2D eigenvalue weighted by Crippen LogP contribution is 1.98. The second kappa shape index (κ2) is 10.4. The summed E-state index contributed by atoms with van der Waals surface area (Å²) in [5, 5.41) is 3.40. The van der Waals surface area contributed by atoms with Crippen molar-refractivity contribution in [2.45, 2.75) is 52.2 Å². The molecule has 0 saturated carbocycles. The van der Waals surface area contributed by atoms with Gasteiger partial charge in [-0.25, -0.2) is 0 Å². The normalized spacial score (nSPS) is 13.4. The Morgan fingerprint density at radius 1 is 1.07 bits per heavy atom. The Labute approximate surface area is 94.5 Å². The van der Waals surface area contributed by atoms with Gasteiger partial charge in [-0.3, -0.25) is 0 Å². The second-order valence-corrected chi connectivity index (χ2v) is 4.31. The quantitative estimate of drug-likeness (QED) is 0.569. The molecule has 0 heterocycles. The highest BCUT2D eigenvalue weighted by molar-refractivity contribution is 4.53. The third kappa shape index (κ3) is 11.8. The standard InChI is InChI=1S/C12H27NO2/c1-11(2)13-8-6-5-7-9-15-12(3)10-14-4/h11-13H,5-10H2,1-4H3. The minimum Gasteiger partial charge on any atom is -0.382 e. The first-order valence-corrected chi connectivity index (χ1v) is 6.00. The molecule has 1 atom stereocenters. The van der Waals surface area contributed by atoms with Crippen molar-refractivity contribution in [1.29, 1.82) is 0 Å². The molecular formula is C12H27NO2. The first-order chi connectivity index (χ1) is 7.16. The molecule has 1 N–H and O–H groups in total. The molecule has 3 nitrogen and oxygen atoms in total. The summed E-state index contributed by atoms with van der Waals surface area (Å²) in [6.45, 7) is 9.06. The Morgan fingerprint density at radius 3 is 2.40 bits per heavy atom. The SMILES string of the molecule is COCC(C)OCCCCCNC(C)C. The number of hydrogen-bond acceptors (Lipinski definition) is 3. The summed E-state index contributed by atoms with van der Waals surface area (Å²) < 4.78 is 10.6. The van der Waals surface area contributed by atoms with Crippen LogP contribution in [0, 0.1) is 0 Å². The van der Waals surface area contributed by atoms with Gasteiger partial charge in [-0.05, 0) is 32.7 Å². The van der Waals surface area contributed by atoms with E-state index < -0.39 is 0 Å². The van der Waals surface area contributed by atoms with Crippen LogP contribution in [0.2, 0.25) is 0 Å². The Balaban J connectivity index is 3.04. The number of rotatable bonds is 10. The summed E-state index contributed by atoms with van der Waals surface area (Å²) in [4.78, 5) is 0. The lowest BCUT2D eigenvalue weighted by atomic mass is 10.2. The zero-order chi connectivity index (χ0) is 11.5. The van der Waals surface area contributed by atoms with Crippen LogP contribution in [0.4, 0.5) is 0 Å². The van der Waals surface area contributed by atoms with Crippen molar-refractivity contribution in [1.82, 2.24) is 5.32 Å². The summed E-state index contributed by atoms with van der Waals surface area (Å²) in [7, 11) is 1.71. The van der Waals surface area contributed by atoms with Crippen molar-refractivity contribution in [3.05, 3.63) is 0 Å². The van der Waals surface area contributed by atoms with Crippen molar-refractivity contribution >= 4 is 0 Å². The van der Waals surface area contributed by atoms with Crippen LogP contribution in [-0.4, -0.2) is 39.0 Å². The van der Waals surface area contributed by atoms with E-state index >= 15 is 0 Å². The average molecular weight is 217 g/mol. The molecule has 0 amide bonds. The smallest absolute Gasteiger partial charge is 0.0780 e. The molecule has 0 radical (unpaired) electrons. The van der Waals surface area contributed by atoms with Crippen molar-refractivity contribution in [2.75, 3.05) is 26.9 Å². The Kier molecular flexibility index (Phi) is 10.3. The molecule has 0 aliphatic rings. The Morgan fingerprint density at radius 2 is 1.80 bits per heavy atom. The lowest BCUT2D eigenvalue weighted by Gasteiger charge is -2.12. The number of methoxy groups -OCH3 is 1. The van der Waals surface area contributed by atoms with Gasteiger partial charge in [-0.1, -0.05) is 13.8 Å². The van der Waals surface area contributed by atoms with Crippen molar-refractivity contribution < 1.29 is 9.47 Å². The first-order valence-electron chi connectivity index (χ1n) is 6.00. The second-order valence-electron chi connectivity index (χ2n) is 4.31. The predicted octanol–water partition coefficient (Wildman–Crippen LogP) is 2.21. The van der Waals surface area contributed by atoms with E-state index in [-0.39, 0.29) is 6.10 Å². The maximum atomic E-state index is 5.56. The molecule has 0 fully saturated rings. The van der Waals surface area contributed by atoms with Gasteiger partial charge in [0.25, 0.3) is 0 Å². The maximum Gasteiger partial charge on any atom is 0.0780 e. The van der Waals surface area contributed by atoms with E-state index in [0.29, 0.717) is 12.6 Å². The van der Waals surface area contributed by atoms with Crippen LogP contribution in [0.5, 0.6) is 0 Å². The molecule has 0 saturated heterocycles. The predicted molar refractivity (Wildman–Crippen MR) is 64.3 cm³/mol. The summed E-state index contributed by atoms with van der Waals surface area (Å²) >= 11 is 0. The molecular weight excluding hydrogens is 190 g/mol. The fourth-order valence-electron chi connectivity index (χ4n) is 1.36. The van der Waals surface area contributed by atoms with Gasteiger partial charge in [-0.2, -0.15) is 0 Å². The third-order valence-corrected chi connectivity index (χ3v) is 2.18. The van der Waals surface area contributed by atoms with Crippen LogP contribution >= 0.6 is 0 Å². The van der Waals surface area contributed by atoms with Gasteiger partial charge in [0.1, 0.15) is 0 Å². The van der Waals surface area contributed by atoms with Gasteiger partial charge in [0.15, 0.2) is 0 Å². The summed E-state index contributed by atoms with van der Waals surface area (Å²) in [5.41, 5.74) is 0. The van der Waals surface area contributed by atoms with Crippen molar-refractivity contribution in [3.8, 4) is 0 Å². The number of unbranched alkanes of at least 4 members (excludes halogenated alkanes) is 2. The molecule has 0 aliphatic carbocycles. The van der Waals surface area contributed by atoms with Crippen molar-refractivity contribution in [3.63, 3.8) is 0 Å². The van der Waals surface area contributed by atoms with E-state index in [9.17, 15) is 0 Å². The van der Waals surface area contributed by atoms with Crippen LogP contribution in [0.1, 0.15) is 40.0 Å². The fraction of sp³-hybridized carbons (Fsp3) is 1.00. The van der Waals surface area contributed by atoms with Gasteiger partial charge in [0.05, 0.1) is 12.7 Å². The molecule has 15 heavy (non-hydrogen) atoms. The van der Waals surface area contributed by atoms with E-state index in [4.69, 9.17) is 9.47 Å². The average Bonchev–Trinajstić information content (AvgIpc) is 2.16. The van der Waals surface area contributed by atoms with Gasteiger partial charge in [0, 0.05) is 19.8 Å². The van der Waals surface area contributed by atoms with E-state index in [2.05, 4.69) is 19.2 Å². The molecule has 3 heteroatoms. The Hall–Kier alpha value is -0.120. The summed E-state index contributed by atoms with van der Waals surface area (Å²) in [6.07, 6.45) is 3.84. The van der Waals surface area contributed by atoms with E-state index in [1.165, 1.54) is 12.8 Å². The topological polar surface area (TPSA) is 30.5 Å². The third-order valence-electron chi connectivity index (χ3n) is 2.18. The van der Waals surface area contributed by atoms with Crippen LogP contribution in [0.3, 0.4) is 0 Å². The van der Waals surface area contributed by atoms with Crippen LogP contribution in [0.15, 0.2) is 0 Å². The number of hydrogen-bond donors (Lipinski definition) is 1. The minimum atomic E-state index is 0.226. The molecule has 0 aliphatic heterocycles. The molecule has 0 aromatic carbocycles. The molecule has 0 aromatic rings. The van der Waals surface area contributed by atoms with Gasteiger partial charge < -0.3 is 14.8 Å². The molecule has 92 valence electrons.